The number of aliphatic hydroxyl groups excluding tert-OH is 1. The number of amides is 1. The molecule has 1 aromatic carbocycles. The third-order valence-electron chi connectivity index (χ3n) is 4.87. The van der Waals surface area contributed by atoms with Crippen LogP contribution < -0.4 is 0 Å². The van der Waals surface area contributed by atoms with Crippen LogP contribution in [0.25, 0.3) is 0 Å². The predicted molar refractivity (Wildman–Crippen MR) is 89.8 cm³/mol. The Hall–Kier alpha value is -1.00. The maximum atomic E-state index is 12.5. The summed E-state index contributed by atoms with van der Waals surface area (Å²) in [5.41, 5.74) is -0.0352. The van der Waals surface area contributed by atoms with Crippen LogP contribution in [-0.2, 0) is 4.79 Å². The number of likely N-dealkylation sites (tertiary alicyclic amines) is 1. The summed E-state index contributed by atoms with van der Waals surface area (Å²) in [6, 6.07) is 10.1. The molecule has 3 rings (SSSR count). The summed E-state index contributed by atoms with van der Waals surface area (Å²) in [6.45, 7) is 1.81. The minimum atomic E-state index is -0.0352. The molecular weight excluding hydrogens is 294 g/mol. The second kappa shape index (κ2) is 7.05. The number of hydrogen-bond donors (Lipinski definition) is 1. The number of nitrogens with zero attached hydrogens (tertiary/aromatic N) is 1. The van der Waals surface area contributed by atoms with E-state index in [1.807, 2.05) is 35.2 Å². The molecule has 1 aromatic rings. The highest BCUT2D eigenvalue weighted by Crippen LogP contribution is 2.44. The van der Waals surface area contributed by atoms with Gasteiger partial charge in [-0.25, -0.2) is 0 Å². The van der Waals surface area contributed by atoms with E-state index in [1.165, 1.54) is 12.8 Å². The van der Waals surface area contributed by atoms with Crippen molar-refractivity contribution in [2.45, 2.75) is 37.0 Å². The molecule has 0 spiro atoms. The zero-order valence-electron chi connectivity index (χ0n) is 13.0. The van der Waals surface area contributed by atoms with Gasteiger partial charge in [0.1, 0.15) is 0 Å². The molecule has 120 valence electrons. The summed E-state index contributed by atoms with van der Waals surface area (Å²) in [6.07, 6.45) is 5.79. The van der Waals surface area contributed by atoms with Crippen LogP contribution in [-0.4, -0.2) is 41.4 Å². The second-order valence-corrected chi connectivity index (χ2v) is 7.87. The summed E-state index contributed by atoms with van der Waals surface area (Å²) in [5.74, 6) is 1.50. The van der Waals surface area contributed by atoms with Gasteiger partial charge in [-0.05, 0) is 37.3 Å². The number of carbonyl (C=O) groups excluding carboxylic acids is 1. The molecule has 1 saturated heterocycles. The maximum Gasteiger partial charge on any atom is 0.232 e. The van der Waals surface area contributed by atoms with E-state index in [1.54, 1.807) is 11.8 Å². The van der Waals surface area contributed by atoms with Crippen molar-refractivity contribution in [3.8, 4) is 0 Å². The zero-order chi connectivity index (χ0) is 15.4. The van der Waals surface area contributed by atoms with Gasteiger partial charge in [-0.1, -0.05) is 31.0 Å². The number of thioether (sulfide) groups is 1. The van der Waals surface area contributed by atoms with Gasteiger partial charge in [-0.3, -0.25) is 4.79 Å². The highest BCUT2D eigenvalue weighted by molar-refractivity contribution is 8.00. The highest BCUT2D eigenvalue weighted by atomic mass is 32.2. The molecule has 0 radical (unpaired) electrons. The summed E-state index contributed by atoms with van der Waals surface area (Å²) in [4.78, 5) is 15.6. The maximum absolute atomic E-state index is 12.5. The van der Waals surface area contributed by atoms with Crippen molar-refractivity contribution in [2.75, 3.05) is 25.4 Å². The molecule has 3 nitrogen and oxygen atoms in total. The molecule has 4 heteroatoms. The molecule has 1 aliphatic heterocycles. The minimum Gasteiger partial charge on any atom is -0.396 e. The normalized spacial score (nSPS) is 25.2. The van der Waals surface area contributed by atoms with Crippen LogP contribution >= 0.6 is 11.8 Å². The number of aliphatic hydroxyl groups is 1. The van der Waals surface area contributed by atoms with E-state index in [0.717, 1.165) is 43.2 Å². The number of rotatable bonds is 6. The standard InChI is InChI=1S/C18H25NO2S/c20-14-18(11-15-7-8-15)9-4-10-19(13-18)17(21)12-22-16-5-2-1-3-6-16/h1-3,5-6,15,20H,4,7-14H2/t18-/m0/s1. The van der Waals surface area contributed by atoms with E-state index in [2.05, 4.69) is 0 Å². The molecule has 1 atom stereocenters. The fraction of sp³-hybridized carbons (Fsp3) is 0.611. The molecule has 0 aromatic heterocycles. The lowest BCUT2D eigenvalue weighted by Crippen LogP contribution is -2.48. The molecule has 1 N–H and O–H groups in total. The van der Waals surface area contributed by atoms with Crippen molar-refractivity contribution < 1.29 is 9.90 Å². The van der Waals surface area contributed by atoms with Crippen LogP contribution in [0.3, 0.4) is 0 Å². The van der Waals surface area contributed by atoms with Gasteiger partial charge in [0.05, 0.1) is 12.4 Å². The van der Waals surface area contributed by atoms with Crippen molar-refractivity contribution in [3.63, 3.8) is 0 Å². The SMILES string of the molecule is O=C(CSc1ccccc1)N1CCC[C@](CO)(CC2CC2)C1. The Morgan fingerprint density at radius 1 is 1.32 bits per heavy atom. The van der Waals surface area contributed by atoms with Crippen LogP contribution in [0.5, 0.6) is 0 Å². The van der Waals surface area contributed by atoms with Crippen molar-refractivity contribution in [1.29, 1.82) is 0 Å². The Bertz CT molecular complexity index is 503. The smallest absolute Gasteiger partial charge is 0.232 e. The summed E-state index contributed by atoms with van der Waals surface area (Å²) in [7, 11) is 0. The average Bonchev–Trinajstić information content (AvgIpc) is 3.37. The van der Waals surface area contributed by atoms with Gasteiger partial charge in [0.25, 0.3) is 0 Å². The van der Waals surface area contributed by atoms with Gasteiger partial charge in [0.2, 0.25) is 5.91 Å². The highest BCUT2D eigenvalue weighted by Gasteiger charge is 2.40. The van der Waals surface area contributed by atoms with E-state index in [0.29, 0.717) is 5.75 Å². The monoisotopic (exact) mass is 319 g/mol. The molecule has 22 heavy (non-hydrogen) atoms. The van der Waals surface area contributed by atoms with Gasteiger partial charge < -0.3 is 10.0 Å². The summed E-state index contributed by atoms with van der Waals surface area (Å²) < 4.78 is 0. The van der Waals surface area contributed by atoms with Crippen LogP contribution in [0.1, 0.15) is 32.1 Å². The average molecular weight is 319 g/mol. The molecule has 0 unspecified atom stereocenters. The Balaban J connectivity index is 1.55. The van der Waals surface area contributed by atoms with Crippen LogP contribution in [0.4, 0.5) is 0 Å². The van der Waals surface area contributed by atoms with Gasteiger partial charge in [-0.15, -0.1) is 11.8 Å². The lowest BCUT2D eigenvalue weighted by Gasteiger charge is -2.42. The van der Waals surface area contributed by atoms with Crippen molar-refractivity contribution in [3.05, 3.63) is 30.3 Å². The second-order valence-electron chi connectivity index (χ2n) is 6.83. The molecule has 1 aliphatic carbocycles. The van der Waals surface area contributed by atoms with Gasteiger partial charge in [0.15, 0.2) is 0 Å². The third-order valence-corrected chi connectivity index (χ3v) is 5.87. The Morgan fingerprint density at radius 2 is 2.09 bits per heavy atom. The summed E-state index contributed by atoms with van der Waals surface area (Å²) >= 11 is 1.60. The van der Waals surface area contributed by atoms with Crippen LogP contribution in [0.15, 0.2) is 35.2 Å². The van der Waals surface area contributed by atoms with Gasteiger partial charge in [-0.2, -0.15) is 0 Å². The van der Waals surface area contributed by atoms with Crippen LogP contribution in [0, 0.1) is 11.3 Å². The number of hydrogen-bond acceptors (Lipinski definition) is 3. The first-order valence-electron chi connectivity index (χ1n) is 8.27. The fourth-order valence-corrected chi connectivity index (χ4v) is 4.29. The largest absolute Gasteiger partial charge is 0.396 e. The molecule has 1 amide bonds. The number of carbonyl (C=O) groups is 1. The number of piperidine rings is 1. The first kappa shape index (κ1) is 15.9. The van der Waals surface area contributed by atoms with E-state index >= 15 is 0 Å². The predicted octanol–water partition coefficient (Wildman–Crippen LogP) is 3.18. The summed E-state index contributed by atoms with van der Waals surface area (Å²) in [5, 5.41) is 9.88. The fourth-order valence-electron chi connectivity index (χ4n) is 3.47. The minimum absolute atomic E-state index is 0.0352. The first-order valence-corrected chi connectivity index (χ1v) is 9.26. The first-order chi connectivity index (χ1) is 10.7. The van der Waals surface area contributed by atoms with Gasteiger partial charge >= 0.3 is 0 Å². The Kier molecular flexibility index (Phi) is 5.09. The molecule has 1 heterocycles. The molecule has 0 bridgehead atoms. The molecular formula is C18H25NO2S. The van der Waals surface area contributed by atoms with E-state index < -0.39 is 0 Å². The van der Waals surface area contributed by atoms with Crippen molar-refractivity contribution in [1.82, 2.24) is 4.90 Å². The lowest BCUT2D eigenvalue weighted by molar-refractivity contribution is -0.133. The lowest BCUT2D eigenvalue weighted by atomic mass is 9.76. The molecule has 2 aliphatic rings. The third kappa shape index (κ3) is 4.05. The van der Waals surface area contributed by atoms with Crippen molar-refractivity contribution in [2.24, 2.45) is 11.3 Å². The van der Waals surface area contributed by atoms with Crippen LogP contribution in [0.2, 0.25) is 0 Å². The number of benzene rings is 1. The van der Waals surface area contributed by atoms with Gasteiger partial charge in [0, 0.05) is 23.4 Å². The Labute approximate surface area is 137 Å². The zero-order valence-corrected chi connectivity index (χ0v) is 13.9. The molecule has 1 saturated carbocycles. The topological polar surface area (TPSA) is 40.5 Å². The quantitative estimate of drug-likeness (QED) is 0.819. The van der Waals surface area contributed by atoms with E-state index in [9.17, 15) is 9.90 Å². The van der Waals surface area contributed by atoms with E-state index in [-0.39, 0.29) is 17.9 Å². The van der Waals surface area contributed by atoms with Crippen molar-refractivity contribution >= 4 is 17.7 Å². The Morgan fingerprint density at radius 3 is 2.77 bits per heavy atom. The van der Waals surface area contributed by atoms with E-state index in [4.69, 9.17) is 0 Å². The molecule has 2 fully saturated rings.